The second kappa shape index (κ2) is 8.12. The number of rotatable bonds is 6. The Balaban J connectivity index is 1.99. The molecule has 2 amide bonds. The molecule has 3 N–H and O–H groups in total. The van der Waals surface area contributed by atoms with Crippen molar-refractivity contribution in [3.8, 4) is 0 Å². The van der Waals surface area contributed by atoms with Crippen LogP contribution < -0.4 is 11.1 Å². The maximum absolute atomic E-state index is 12.6. The molecule has 130 valence electrons. The average Bonchev–Trinajstić information content (AvgIpc) is 2.69. The Labute approximate surface area is 152 Å². The Bertz CT molecular complexity index is 825. The molecule has 0 heterocycles. The average molecular weight is 344 g/mol. The van der Waals surface area contributed by atoms with Crippen molar-refractivity contribution in [2.24, 2.45) is 5.73 Å². The summed E-state index contributed by atoms with van der Waals surface area (Å²) < 4.78 is 0. The molecule has 0 unspecified atom stereocenters. The Morgan fingerprint density at radius 3 is 1.54 bits per heavy atom. The SMILES string of the molecule is NC(=O)[C@H](NC(=O)c1ccccc1)C(c1ccccc1)c1ccccc1. The predicted molar refractivity (Wildman–Crippen MR) is 102 cm³/mol. The molecule has 26 heavy (non-hydrogen) atoms. The lowest BCUT2D eigenvalue weighted by molar-refractivity contribution is -0.120. The van der Waals surface area contributed by atoms with Gasteiger partial charge in [0.2, 0.25) is 5.91 Å². The van der Waals surface area contributed by atoms with Gasteiger partial charge in [-0.2, -0.15) is 0 Å². The summed E-state index contributed by atoms with van der Waals surface area (Å²) in [4.78, 5) is 24.9. The number of primary amides is 1. The Kier molecular flexibility index (Phi) is 5.44. The number of carbonyl (C=O) groups excluding carboxylic acids is 2. The summed E-state index contributed by atoms with van der Waals surface area (Å²) in [6.45, 7) is 0. The molecule has 0 aromatic heterocycles. The van der Waals surface area contributed by atoms with Crippen molar-refractivity contribution in [2.75, 3.05) is 0 Å². The summed E-state index contributed by atoms with van der Waals surface area (Å²) in [5.74, 6) is -1.28. The molecule has 4 nitrogen and oxygen atoms in total. The molecule has 0 fully saturated rings. The summed E-state index contributed by atoms with van der Waals surface area (Å²) in [7, 11) is 0. The van der Waals surface area contributed by atoms with Crippen LogP contribution in [0.5, 0.6) is 0 Å². The molecule has 0 aliphatic heterocycles. The van der Waals surface area contributed by atoms with Crippen molar-refractivity contribution in [3.05, 3.63) is 108 Å². The van der Waals surface area contributed by atoms with Gasteiger partial charge < -0.3 is 11.1 Å². The van der Waals surface area contributed by atoms with Crippen molar-refractivity contribution in [2.45, 2.75) is 12.0 Å². The molecule has 1 atom stereocenters. The summed E-state index contributed by atoms with van der Waals surface area (Å²) in [6, 6.07) is 27.1. The van der Waals surface area contributed by atoms with E-state index in [-0.39, 0.29) is 11.8 Å². The predicted octanol–water partition coefficient (Wildman–Crippen LogP) is 3.10. The fraction of sp³-hybridized carbons (Fsp3) is 0.0909. The van der Waals surface area contributed by atoms with Crippen molar-refractivity contribution in [1.82, 2.24) is 5.32 Å². The molecule has 0 radical (unpaired) electrons. The third-order valence-electron chi connectivity index (χ3n) is 4.28. The Hall–Kier alpha value is -3.40. The first kappa shape index (κ1) is 17.4. The lowest BCUT2D eigenvalue weighted by atomic mass is 9.84. The fourth-order valence-corrected chi connectivity index (χ4v) is 3.03. The quantitative estimate of drug-likeness (QED) is 0.721. The molecule has 0 bridgehead atoms. The van der Waals surface area contributed by atoms with Gasteiger partial charge in [0.1, 0.15) is 6.04 Å². The first-order chi connectivity index (χ1) is 12.7. The van der Waals surface area contributed by atoms with Crippen LogP contribution in [0.4, 0.5) is 0 Å². The molecule has 3 rings (SSSR count). The minimum absolute atomic E-state index is 0.328. The highest BCUT2D eigenvalue weighted by atomic mass is 16.2. The topological polar surface area (TPSA) is 72.2 Å². The first-order valence-electron chi connectivity index (χ1n) is 8.42. The highest BCUT2D eigenvalue weighted by Crippen LogP contribution is 2.28. The van der Waals surface area contributed by atoms with Crippen LogP contribution >= 0.6 is 0 Å². The number of hydrogen-bond donors (Lipinski definition) is 2. The molecule has 0 saturated heterocycles. The van der Waals surface area contributed by atoms with Crippen LogP contribution in [0.15, 0.2) is 91.0 Å². The number of amides is 2. The molecule has 0 aliphatic rings. The normalized spacial score (nSPS) is 11.7. The molecular weight excluding hydrogens is 324 g/mol. The number of nitrogens with two attached hydrogens (primary N) is 1. The molecular formula is C22H20N2O2. The number of carbonyl (C=O) groups is 2. The van der Waals surface area contributed by atoms with Crippen molar-refractivity contribution < 1.29 is 9.59 Å². The maximum atomic E-state index is 12.6. The summed E-state index contributed by atoms with van der Waals surface area (Å²) in [5, 5.41) is 2.82. The minimum atomic E-state index is -0.868. The van der Waals surface area contributed by atoms with Gasteiger partial charge in [0, 0.05) is 11.5 Å². The van der Waals surface area contributed by atoms with Crippen molar-refractivity contribution >= 4 is 11.8 Å². The number of nitrogens with one attached hydrogen (secondary N) is 1. The van der Waals surface area contributed by atoms with E-state index in [0.29, 0.717) is 5.56 Å². The zero-order valence-electron chi connectivity index (χ0n) is 14.2. The van der Waals surface area contributed by atoms with Crippen LogP contribution in [-0.4, -0.2) is 17.9 Å². The summed E-state index contributed by atoms with van der Waals surface area (Å²) >= 11 is 0. The van der Waals surface area contributed by atoms with Gasteiger partial charge in [-0.05, 0) is 23.3 Å². The zero-order chi connectivity index (χ0) is 18.4. The van der Waals surface area contributed by atoms with Crippen LogP contribution in [0, 0.1) is 0 Å². The van der Waals surface area contributed by atoms with E-state index in [1.54, 1.807) is 24.3 Å². The van der Waals surface area contributed by atoms with E-state index in [0.717, 1.165) is 11.1 Å². The second-order valence-electron chi connectivity index (χ2n) is 6.02. The van der Waals surface area contributed by atoms with Gasteiger partial charge in [0.15, 0.2) is 0 Å². The third-order valence-corrected chi connectivity index (χ3v) is 4.28. The molecule has 0 aliphatic carbocycles. The van der Waals surface area contributed by atoms with Crippen LogP contribution in [0.25, 0.3) is 0 Å². The van der Waals surface area contributed by atoms with E-state index in [1.165, 1.54) is 0 Å². The van der Waals surface area contributed by atoms with E-state index >= 15 is 0 Å². The standard InChI is InChI=1S/C22H20N2O2/c23-21(25)20(24-22(26)18-14-8-3-9-15-18)19(16-10-4-1-5-11-16)17-12-6-2-7-13-17/h1-15,19-20H,(H2,23,25)(H,24,26)/t20-/m1/s1. The molecule has 0 spiro atoms. The molecule has 4 heteroatoms. The van der Waals surface area contributed by atoms with Crippen LogP contribution in [0.3, 0.4) is 0 Å². The number of hydrogen-bond acceptors (Lipinski definition) is 2. The minimum Gasteiger partial charge on any atom is -0.368 e. The van der Waals surface area contributed by atoms with Crippen LogP contribution in [0.2, 0.25) is 0 Å². The van der Waals surface area contributed by atoms with E-state index in [9.17, 15) is 9.59 Å². The zero-order valence-corrected chi connectivity index (χ0v) is 14.2. The van der Waals surface area contributed by atoms with Crippen LogP contribution in [0.1, 0.15) is 27.4 Å². The molecule has 3 aromatic carbocycles. The molecule has 0 saturated carbocycles. The second-order valence-corrected chi connectivity index (χ2v) is 6.02. The Morgan fingerprint density at radius 1 is 0.692 bits per heavy atom. The van der Waals surface area contributed by atoms with Gasteiger partial charge in [-0.1, -0.05) is 78.9 Å². The van der Waals surface area contributed by atoms with Crippen LogP contribution in [-0.2, 0) is 4.79 Å². The van der Waals surface area contributed by atoms with Gasteiger partial charge in [-0.25, -0.2) is 0 Å². The highest BCUT2D eigenvalue weighted by molar-refractivity contribution is 5.97. The van der Waals surface area contributed by atoms with Gasteiger partial charge in [0.05, 0.1) is 0 Å². The largest absolute Gasteiger partial charge is 0.368 e. The van der Waals surface area contributed by atoms with E-state index in [2.05, 4.69) is 5.32 Å². The van der Waals surface area contributed by atoms with Gasteiger partial charge in [-0.3, -0.25) is 9.59 Å². The van der Waals surface area contributed by atoms with E-state index in [4.69, 9.17) is 5.73 Å². The summed E-state index contributed by atoms with van der Waals surface area (Å²) in [5.41, 5.74) is 8.00. The summed E-state index contributed by atoms with van der Waals surface area (Å²) in [6.07, 6.45) is 0. The highest BCUT2D eigenvalue weighted by Gasteiger charge is 2.31. The van der Waals surface area contributed by atoms with Crippen molar-refractivity contribution in [3.63, 3.8) is 0 Å². The monoisotopic (exact) mass is 344 g/mol. The lowest BCUT2D eigenvalue weighted by Gasteiger charge is -2.26. The lowest BCUT2D eigenvalue weighted by Crippen LogP contribution is -2.48. The Morgan fingerprint density at radius 2 is 1.12 bits per heavy atom. The smallest absolute Gasteiger partial charge is 0.251 e. The maximum Gasteiger partial charge on any atom is 0.251 e. The molecule has 3 aromatic rings. The third kappa shape index (κ3) is 3.98. The first-order valence-corrected chi connectivity index (χ1v) is 8.42. The van der Waals surface area contributed by atoms with E-state index < -0.39 is 11.9 Å². The van der Waals surface area contributed by atoms with E-state index in [1.807, 2.05) is 66.7 Å². The van der Waals surface area contributed by atoms with Gasteiger partial charge >= 0.3 is 0 Å². The number of benzene rings is 3. The van der Waals surface area contributed by atoms with Gasteiger partial charge in [0.25, 0.3) is 5.91 Å². The fourth-order valence-electron chi connectivity index (χ4n) is 3.03. The van der Waals surface area contributed by atoms with Gasteiger partial charge in [-0.15, -0.1) is 0 Å². The van der Waals surface area contributed by atoms with Crippen molar-refractivity contribution in [1.29, 1.82) is 0 Å².